The molecule has 0 atom stereocenters. The third kappa shape index (κ3) is 3.78. The lowest BCUT2D eigenvalue weighted by Gasteiger charge is -2.19. The predicted molar refractivity (Wildman–Crippen MR) is 123 cm³/mol. The summed E-state index contributed by atoms with van der Waals surface area (Å²) < 4.78 is 16.4. The second-order valence-electron chi connectivity index (χ2n) is 7.56. The van der Waals surface area contributed by atoms with Gasteiger partial charge in [0.1, 0.15) is 28.8 Å². The summed E-state index contributed by atoms with van der Waals surface area (Å²) in [4.78, 5) is 29.1. The van der Waals surface area contributed by atoms with Gasteiger partial charge < -0.3 is 23.7 Å². The summed E-state index contributed by atoms with van der Waals surface area (Å²) in [5, 5.41) is 10.4. The Bertz CT molecular complexity index is 1300. The third-order valence-electron chi connectivity index (χ3n) is 5.59. The maximum absolute atomic E-state index is 12.9. The van der Waals surface area contributed by atoms with Crippen molar-refractivity contribution in [2.75, 3.05) is 37.1 Å². The van der Waals surface area contributed by atoms with Crippen LogP contribution in [0.25, 0.3) is 11.0 Å². The van der Waals surface area contributed by atoms with Crippen molar-refractivity contribution in [1.29, 1.82) is 5.26 Å². The first-order valence-corrected chi connectivity index (χ1v) is 10.4. The van der Waals surface area contributed by atoms with Crippen molar-refractivity contribution in [3.63, 3.8) is 0 Å². The van der Waals surface area contributed by atoms with Gasteiger partial charge in [-0.15, -0.1) is 0 Å². The average Bonchev–Trinajstić information content (AvgIpc) is 3.28. The van der Waals surface area contributed by atoms with Crippen LogP contribution in [0, 0.1) is 18.3 Å². The molecule has 8 nitrogen and oxygen atoms in total. The van der Waals surface area contributed by atoms with Crippen LogP contribution in [0.2, 0.25) is 0 Å². The number of hydrogen-bond donors (Lipinski definition) is 0. The number of carbonyl (C=O) groups excluding carboxylic acids is 2. The fraction of sp³-hybridized carbons (Fsp3) is 0.240. The molecule has 1 aromatic heterocycles. The number of benzene rings is 2. The highest BCUT2D eigenvalue weighted by Crippen LogP contribution is 2.40. The maximum atomic E-state index is 12.9. The van der Waals surface area contributed by atoms with Crippen LogP contribution in [0.5, 0.6) is 5.75 Å². The highest BCUT2D eigenvalue weighted by atomic mass is 16.5. The highest BCUT2D eigenvalue weighted by Gasteiger charge is 2.32. The Labute approximate surface area is 191 Å². The molecule has 168 valence electrons. The second-order valence-corrected chi connectivity index (χ2v) is 7.56. The number of nitrogens with zero attached hydrogens (tertiary/aromatic N) is 3. The lowest BCUT2D eigenvalue weighted by atomic mass is 10.1. The molecule has 0 N–H and O–H groups in total. The molecule has 1 aliphatic rings. The smallest absolute Gasteiger partial charge is 0.375 e. The zero-order valence-corrected chi connectivity index (χ0v) is 18.8. The maximum Gasteiger partial charge on any atom is 0.375 e. The third-order valence-corrected chi connectivity index (χ3v) is 5.59. The van der Waals surface area contributed by atoms with Crippen LogP contribution in [0.4, 0.5) is 11.4 Å². The summed E-state index contributed by atoms with van der Waals surface area (Å²) in [5.41, 5.74) is 2.76. The number of ketones is 1. The first-order chi connectivity index (χ1) is 15.9. The van der Waals surface area contributed by atoms with Gasteiger partial charge in [0.2, 0.25) is 11.5 Å². The van der Waals surface area contributed by atoms with E-state index >= 15 is 0 Å². The molecule has 0 spiro atoms. The minimum absolute atomic E-state index is 0.0140. The van der Waals surface area contributed by atoms with E-state index in [0.29, 0.717) is 29.3 Å². The summed E-state index contributed by atoms with van der Waals surface area (Å²) in [6, 6.07) is 14.8. The number of fused-ring (bicyclic) bond motifs is 2. The van der Waals surface area contributed by atoms with Crippen molar-refractivity contribution in [3.05, 3.63) is 65.2 Å². The molecule has 0 aliphatic carbocycles. The molecule has 4 rings (SSSR count). The molecule has 0 unspecified atom stereocenters. The lowest BCUT2D eigenvalue weighted by Crippen LogP contribution is -2.27. The number of para-hydroxylation sites is 2. The molecule has 0 saturated heterocycles. The van der Waals surface area contributed by atoms with E-state index in [-0.39, 0.29) is 11.3 Å². The van der Waals surface area contributed by atoms with Gasteiger partial charge in [-0.2, -0.15) is 5.26 Å². The number of Topliss-reactive ketones (excluding diaryl/α,β-unsaturated/α-hetero) is 1. The SMILES string of the molecule is CCOc1ccc2oc(C(=O)OCC(=O)C(C#N)=C3N(C)c4ccccc4N3C)c(C)c2c1. The topological polar surface area (TPSA) is 96.0 Å². The quantitative estimate of drug-likeness (QED) is 0.317. The fourth-order valence-corrected chi connectivity index (χ4v) is 3.98. The zero-order valence-electron chi connectivity index (χ0n) is 18.8. The highest BCUT2D eigenvalue weighted by molar-refractivity contribution is 6.05. The number of nitriles is 1. The molecule has 0 saturated carbocycles. The number of carbonyl (C=O) groups is 2. The molecule has 2 heterocycles. The van der Waals surface area contributed by atoms with E-state index in [1.54, 1.807) is 49.0 Å². The van der Waals surface area contributed by atoms with Gasteiger partial charge in [0.25, 0.3) is 0 Å². The Morgan fingerprint density at radius 3 is 2.36 bits per heavy atom. The summed E-state index contributed by atoms with van der Waals surface area (Å²) >= 11 is 0. The minimum Gasteiger partial charge on any atom is -0.494 e. The average molecular weight is 445 g/mol. The fourth-order valence-electron chi connectivity index (χ4n) is 3.98. The van der Waals surface area contributed by atoms with E-state index in [1.807, 2.05) is 37.3 Å². The molecule has 0 bridgehead atoms. The van der Waals surface area contributed by atoms with Gasteiger partial charge >= 0.3 is 5.97 Å². The van der Waals surface area contributed by atoms with Crippen molar-refractivity contribution in [3.8, 4) is 11.8 Å². The van der Waals surface area contributed by atoms with E-state index in [9.17, 15) is 14.9 Å². The molecule has 3 aromatic rings. The van der Waals surface area contributed by atoms with Crippen LogP contribution < -0.4 is 14.5 Å². The van der Waals surface area contributed by atoms with Crippen LogP contribution in [0.15, 0.2) is 58.3 Å². The molecule has 2 aromatic carbocycles. The molecule has 0 radical (unpaired) electrons. The van der Waals surface area contributed by atoms with Gasteiger partial charge in [0, 0.05) is 25.0 Å². The van der Waals surface area contributed by atoms with Crippen molar-refractivity contribution < 1.29 is 23.5 Å². The molecule has 0 amide bonds. The van der Waals surface area contributed by atoms with Crippen LogP contribution in [-0.2, 0) is 9.53 Å². The summed E-state index contributed by atoms with van der Waals surface area (Å²) in [7, 11) is 3.56. The van der Waals surface area contributed by atoms with Gasteiger partial charge in [0.15, 0.2) is 6.61 Å². The standard InChI is InChI=1S/C25H23N3O5/c1-5-31-16-10-11-22-17(12-16)15(2)23(33-22)25(30)32-14-21(29)18(13-26)24-27(3)19-8-6-7-9-20(19)28(24)4/h6-12H,5,14H2,1-4H3. The number of anilines is 2. The predicted octanol–water partition coefficient (Wildman–Crippen LogP) is 4.19. The van der Waals surface area contributed by atoms with E-state index in [1.165, 1.54) is 0 Å². The first kappa shape index (κ1) is 22.0. The Hall–Kier alpha value is -4.25. The van der Waals surface area contributed by atoms with E-state index in [0.717, 1.165) is 16.8 Å². The summed E-state index contributed by atoms with van der Waals surface area (Å²) in [5.74, 6) is -0.253. The first-order valence-electron chi connectivity index (χ1n) is 10.4. The van der Waals surface area contributed by atoms with Gasteiger partial charge in [0.05, 0.1) is 18.0 Å². The Morgan fingerprint density at radius 1 is 1.09 bits per heavy atom. The number of hydrogen-bond acceptors (Lipinski definition) is 8. The molecular weight excluding hydrogens is 422 g/mol. The number of rotatable bonds is 6. The van der Waals surface area contributed by atoms with Crippen LogP contribution in [0.3, 0.4) is 0 Å². The normalized spacial score (nSPS) is 12.5. The minimum atomic E-state index is -0.770. The van der Waals surface area contributed by atoms with E-state index in [4.69, 9.17) is 13.9 Å². The number of aryl methyl sites for hydroxylation is 1. The number of furan rings is 1. The van der Waals surface area contributed by atoms with Crippen molar-refractivity contribution >= 4 is 34.1 Å². The second kappa shape index (κ2) is 8.71. The van der Waals surface area contributed by atoms with Crippen molar-refractivity contribution in [1.82, 2.24) is 0 Å². The Kier molecular flexibility index (Phi) is 5.80. The zero-order chi connectivity index (χ0) is 23.7. The number of ether oxygens (including phenoxy) is 2. The Morgan fingerprint density at radius 2 is 1.76 bits per heavy atom. The molecule has 8 heteroatoms. The van der Waals surface area contributed by atoms with Gasteiger partial charge in [-0.25, -0.2) is 4.79 Å². The van der Waals surface area contributed by atoms with Crippen LogP contribution in [-0.4, -0.2) is 39.1 Å². The van der Waals surface area contributed by atoms with E-state index < -0.39 is 18.4 Å². The van der Waals surface area contributed by atoms with Gasteiger partial charge in [-0.1, -0.05) is 12.1 Å². The van der Waals surface area contributed by atoms with E-state index in [2.05, 4.69) is 0 Å². The van der Waals surface area contributed by atoms with Crippen LogP contribution >= 0.6 is 0 Å². The van der Waals surface area contributed by atoms with Crippen molar-refractivity contribution in [2.45, 2.75) is 13.8 Å². The summed E-state index contributed by atoms with van der Waals surface area (Å²) in [6.07, 6.45) is 0. The van der Waals surface area contributed by atoms with Gasteiger partial charge in [-0.3, -0.25) is 4.79 Å². The monoisotopic (exact) mass is 445 g/mol. The molecule has 1 aliphatic heterocycles. The Balaban J connectivity index is 1.54. The van der Waals surface area contributed by atoms with Crippen molar-refractivity contribution in [2.24, 2.45) is 0 Å². The molecule has 0 fully saturated rings. The van der Waals surface area contributed by atoms with Gasteiger partial charge in [-0.05, 0) is 44.2 Å². The van der Waals surface area contributed by atoms with Crippen LogP contribution in [0.1, 0.15) is 23.0 Å². The summed E-state index contributed by atoms with van der Waals surface area (Å²) in [6.45, 7) is 3.56. The lowest BCUT2D eigenvalue weighted by molar-refractivity contribution is -0.118. The molecule has 33 heavy (non-hydrogen) atoms. The molecular formula is C25H23N3O5. The number of esters is 1. The largest absolute Gasteiger partial charge is 0.494 e.